The second-order valence-corrected chi connectivity index (χ2v) is 8.32. The van der Waals surface area contributed by atoms with Crippen LogP contribution < -0.4 is 4.74 Å². The van der Waals surface area contributed by atoms with Gasteiger partial charge in [0.1, 0.15) is 5.75 Å². The Morgan fingerprint density at radius 1 is 0.867 bits per heavy atom. The molecule has 0 amide bonds. The Morgan fingerprint density at radius 2 is 1.63 bits per heavy atom. The average molecular weight is 416 g/mol. The predicted octanol–water partition coefficient (Wildman–Crippen LogP) is 6.16. The zero-order valence-electron chi connectivity index (χ0n) is 17.7. The van der Waals surface area contributed by atoms with Crippen LogP contribution in [0, 0.1) is 20.8 Å². The van der Waals surface area contributed by atoms with Gasteiger partial charge in [0.25, 0.3) is 0 Å². The van der Waals surface area contributed by atoms with Gasteiger partial charge >= 0.3 is 0 Å². The normalized spacial score (nSPS) is 10.9. The van der Waals surface area contributed by atoms with Crippen LogP contribution in [-0.4, -0.2) is 21.9 Å². The van der Waals surface area contributed by atoms with E-state index in [0.29, 0.717) is 0 Å². The van der Waals surface area contributed by atoms with Gasteiger partial charge in [-0.2, -0.15) is 0 Å². The summed E-state index contributed by atoms with van der Waals surface area (Å²) in [6.07, 6.45) is 0. The van der Waals surface area contributed by atoms with Crippen molar-refractivity contribution < 1.29 is 4.74 Å². The van der Waals surface area contributed by atoms with E-state index in [2.05, 4.69) is 78.0 Å². The molecule has 152 valence electrons. The fraction of sp³-hybridized carbons (Fsp3) is 0.200. The van der Waals surface area contributed by atoms with Crippen molar-refractivity contribution in [2.75, 3.05) is 7.11 Å². The quantitative estimate of drug-likeness (QED) is 0.354. The molecule has 0 aliphatic rings. The van der Waals surface area contributed by atoms with Crippen LogP contribution in [0.4, 0.5) is 0 Å². The number of ether oxygens (including phenoxy) is 1. The molecule has 0 aliphatic carbocycles. The lowest BCUT2D eigenvalue weighted by Gasteiger charge is -2.13. The van der Waals surface area contributed by atoms with Gasteiger partial charge in [0, 0.05) is 11.3 Å². The van der Waals surface area contributed by atoms with Gasteiger partial charge in [0.15, 0.2) is 11.0 Å². The first-order valence-electron chi connectivity index (χ1n) is 9.91. The molecule has 30 heavy (non-hydrogen) atoms. The van der Waals surface area contributed by atoms with E-state index in [1.165, 1.54) is 22.3 Å². The molecule has 4 nitrogen and oxygen atoms in total. The third kappa shape index (κ3) is 4.12. The van der Waals surface area contributed by atoms with Crippen LogP contribution in [0.1, 0.15) is 22.3 Å². The first-order valence-corrected chi connectivity index (χ1v) is 10.9. The number of aromatic nitrogens is 3. The van der Waals surface area contributed by atoms with Gasteiger partial charge in [-0.05, 0) is 67.8 Å². The number of thioether (sulfide) groups is 1. The topological polar surface area (TPSA) is 39.9 Å². The largest absolute Gasteiger partial charge is 0.497 e. The second-order valence-electron chi connectivity index (χ2n) is 7.38. The first kappa shape index (κ1) is 20.2. The molecular weight excluding hydrogens is 390 g/mol. The molecule has 4 rings (SSSR count). The van der Waals surface area contributed by atoms with Crippen molar-refractivity contribution in [1.82, 2.24) is 14.8 Å². The van der Waals surface area contributed by atoms with Crippen molar-refractivity contribution in [2.45, 2.75) is 31.7 Å². The Bertz CT molecular complexity index is 1170. The van der Waals surface area contributed by atoms with Crippen molar-refractivity contribution >= 4 is 11.8 Å². The Labute approximate surface area is 181 Å². The number of para-hydroxylation sites is 1. The Hall–Kier alpha value is -3.05. The lowest BCUT2D eigenvalue weighted by molar-refractivity contribution is 0.415. The molecule has 3 aromatic carbocycles. The Morgan fingerprint density at radius 3 is 2.37 bits per heavy atom. The summed E-state index contributed by atoms with van der Waals surface area (Å²) < 4.78 is 7.47. The van der Waals surface area contributed by atoms with Gasteiger partial charge < -0.3 is 4.74 Å². The van der Waals surface area contributed by atoms with Gasteiger partial charge in [-0.15, -0.1) is 10.2 Å². The van der Waals surface area contributed by atoms with Gasteiger partial charge in [-0.1, -0.05) is 53.7 Å². The fourth-order valence-electron chi connectivity index (χ4n) is 3.42. The maximum atomic E-state index is 5.31. The van der Waals surface area contributed by atoms with Crippen molar-refractivity contribution in [1.29, 1.82) is 0 Å². The highest BCUT2D eigenvalue weighted by molar-refractivity contribution is 7.98. The molecule has 1 aromatic heterocycles. The summed E-state index contributed by atoms with van der Waals surface area (Å²) >= 11 is 1.71. The highest BCUT2D eigenvalue weighted by Crippen LogP contribution is 2.32. The van der Waals surface area contributed by atoms with Crippen molar-refractivity contribution in [2.24, 2.45) is 0 Å². The number of nitrogens with zero attached hydrogens (tertiary/aromatic N) is 3. The number of methoxy groups -OCH3 is 1. The Balaban J connectivity index is 1.76. The maximum Gasteiger partial charge on any atom is 0.196 e. The number of aryl methyl sites for hydroxylation is 3. The zero-order valence-corrected chi connectivity index (χ0v) is 18.5. The number of hydrogen-bond donors (Lipinski definition) is 0. The van der Waals surface area contributed by atoms with Crippen LogP contribution in [0.5, 0.6) is 5.75 Å². The van der Waals surface area contributed by atoms with Crippen LogP contribution in [0.2, 0.25) is 0 Å². The number of benzene rings is 3. The molecular formula is C25H25N3OS. The van der Waals surface area contributed by atoms with E-state index < -0.39 is 0 Å². The molecule has 0 unspecified atom stereocenters. The minimum Gasteiger partial charge on any atom is -0.497 e. The van der Waals surface area contributed by atoms with Crippen LogP contribution in [0.15, 0.2) is 71.9 Å². The van der Waals surface area contributed by atoms with Crippen LogP contribution in [-0.2, 0) is 5.75 Å². The molecule has 0 bridgehead atoms. The molecule has 0 saturated heterocycles. The minimum atomic E-state index is 0.824. The highest BCUT2D eigenvalue weighted by atomic mass is 32.2. The molecule has 4 aromatic rings. The summed E-state index contributed by atoms with van der Waals surface area (Å²) in [6.45, 7) is 6.40. The average Bonchev–Trinajstić information content (AvgIpc) is 3.18. The van der Waals surface area contributed by atoms with Gasteiger partial charge in [-0.25, -0.2) is 0 Å². The maximum absolute atomic E-state index is 5.31. The highest BCUT2D eigenvalue weighted by Gasteiger charge is 2.18. The lowest BCUT2D eigenvalue weighted by atomic mass is 10.1. The zero-order chi connectivity index (χ0) is 21.1. The first-order chi connectivity index (χ1) is 14.6. The molecule has 0 spiro atoms. The molecule has 0 aliphatic heterocycles. The third-order valence-electron chi connectivity index (χ3n) is 5.20. The smallest absolute Gasteiger partial charge is 0.196 e. The van der Waals surface area contributed by atoms with Crippen LogP contribution in [0.3, 0.4) is 0 Å². The number of hydrogen-bond acceptors (Lipinski definition) is 4. The summed E-state index contributed by atoms with van der Waals surface area (Å²) in [5.74, 6) is 2.50. The van der Waals surface area contributed by atoms with Crippen LogP contribution in [0.25, 0.3) is 17.1 Å². The molecule has 5 heteroatoms. The monoisotopic (exact) mass is 415 g/mol. The van der Waals surface area contributed by atoms with E-state index in [-0.39, 0.29) is 0 Å². The number of rotatable bonds is 6. The standard InChI is InChI=1S/C25H25N3OS/c1-17-9-10-18(2)21(15-17)16-30-25-27-26-24(20-11-13-22(29-4)14-12-20)28(25)23-8-6-5-7-19(23)3/h5-15H,16H2,1-4H3. The molecule has 0 N–H and O–H groups in total. The summed E-state index contributed by atoms with van der Waals surface area (Å²) in [5, 5.41) is 10.0. The van der Waals surface area contributed by atoms with E-state index in [1.807, 2.05) is 24.3 Å². The predicted molar refractivity (Wildman–Crippen MR) is 124 cm³/mol. The van der Waals surface area contributed by atoms with E-state index in [1.54, 1.807) is 18.9 Å². The fourth-order valence-corrected chi connectivity index (χ4v) is 4.43. The molecule has 0 saturated carbocycles. The Kier molecular flexibility index (Phi) is 5.91. The van der Waals surface area contributed by atoms with E-state index in [0.717, 1.165) is 33.7 Å². The van der Waals surface area contributed by atoms with E-state index in [9.17, 15) is 0 Å². The summed E-state index contributed by atoms with van der Waals surface area (Å²) in [5.41, 5.74) is 7.17. The molecule has 0 fully saturated rings. The summed E-state index contributed by atoms with van der Waals surface area (Å²) in [7, 11) is 1.67. The molecule has 0 atom stereocenters. The van der Waals surface area contributed by atoms with E-state index >= 15 is 0 Å². The SMILES string of the molecule is COc1ccc(-c2nnc(SCc3cc(C)ccc3C)n2-c2ccccc2C)cc1. The molecule has 1 heterocycles. The third-order valence-corrected chi connectivity index (χ3v) is 6.18. The second kappa shape index (κ2) is 8.76. The van der Waals surface area contributed by atoms with Gasteiger partial charge in [0.05, 0.1) is 12.8 Å². The summed E-state index contributed by atoms with van der Waals surface area (Å²) in [6, 6.07) is 22.9. The van der Waals surface area contributed by atoms with Crippen molar-refractivity contribution in [3.63, 3.8) is 0 Å². The molecule has 0 radical (unpaired) electrons. The van der Waals surface area contributed by atoms with Crippen molar-refractivity contribution in [3.8, 4) is 22.8 Å². The van der Waals surface area contributed by atoms with Gasteiger partial charge in [-0.3, -0.25) is 4.57 Å². The van der Waals surface area contributed by atoms with E-state index in [4.69, 9.17) is 4.74 Å². The van der Waals surface area contributed by atoms with Crippen molar-refractivity contribution in [3.05, 3.63) is 89.0 Å². The van der Waals surface area contributed by atoms with Crippen LogP contribution >= 0.6 is 11.8 Å². The lowest BCUT2D eigenvalue weighted by Crippen LogP contribution is -2.02. The minimum absolute atomic E-state index is 0.824. The van der Waals surface area contributed by atoms with Gasteiger partial charge in [0.2, 0.25) is 0 Å². The summed E-state index contributed by atoms with van der Waals surface area (Å²) in [4.78, 5) is 0.